The molecule has 1 amide bonds. The first-order valence-corrected chi connectivity index (χ1v) is 8.76. The molecule has 0 unspecified atom stereocenters. The van der Waals surface area contributed by atoms with E-state index in [1.165, 1.54) is 12.1 Å². The highest BCUT2D eigenvalue weighted by atomic mass is 16.6. The molecular weight excluding hydrogens is 350 g/mol. The van der Waals surface area contributed by atoms with Crippen molar-refractivity contribution in [3.8, 4) is 6.07 Å². The number of nitro groups is 1. The maximum atomic E-state index is 12.2. The topological polar surface area (TPSA) is 122 Å². The summed E-state index contributed by atoms with van der Waals surface area (Å²) in [5.74, 6) is -1.39. The van der Waals surface area contributed by atoms with Gasteiger partial charge in [0.1, 0.15) is 5.54 Å². The Labute approximate surface area is 157 Å². The zero-order chi connectivity index (χ0) is 20.2. The van der Waals surface area contributed by atoms with Gasteiger partial charge in [-0.2, -0.15) is 5.26 Å². The van der Waals surface area contributed by atoms with E-state index in [2.05, 4.69) is 11.4 Å². The molecule has 0 saturated heterocycles. The minimum atomic E-state index is -0.892. The number of amides is 1. The van der Waals surface area contributed by atoms with Crippen LogP contribution < -0.4 is 5.32 Å². The van der Waals surface area contributed by atoms with Crippen LogP contribution in [0.2, 0.25) is 0 Å². The fourth-order valence-corrected chi connectivity index (χ4v) is 3.20. The second-order valence-corrected chi connectivity index (χ2v) is 7.76. The molecule has 8 heteroatoms. The summed E-state index contributed by atoms with van der Waals surface area (Å²) in [6.45, 7) is 4.97. The van der Waals surface area contributed by atoms with Crippen LogP contribution in [0.1, 0.15) is 62.4 Å². The lowest BCUT2D eigenvalue weighted by molar-refractivity contribution is -0.386. The van der Waals surface area contributed by atoms with Gasteiger partial charge in [0.05, 0.1) is 16.6 Å². The molecule has 2 rings (SSSR count). The van der Waals surface area contributed by atoms with Gasteiger partial charge in [0.2, 0.25) is 0 Å². The summed E-state index contributed by atoms with van der Waals surface area (Å²) >= 11 is 0. The molecule has 27 heavy (non-hydrogen) atoms. The molecule has 0 atom stereocenters. The van der Waals surface area contributed by atoms with Gasteiger partial charge >= 0.3 is 5.97 Å². The fraction of sp³-hybridized carbons (Fsp3) is 0.526. The summed E-state index contributed by atoms with van der Waals surface area (Å²) in [6.07, 6.45) is 2.86. The molecule has 0 heterocycles. The monoisotopic (exact) mass is 373 g/mol. The second-order valence-electron chi connectivity index (χ2n) is 7.76. The van der Waals surface area contributed by atoms with Crippen LogP contribution in [0, 0.1) is 21.4 Å². The van der Waals surface area contributed by atoms with Gasteiger partial charge in [-0.1, -0.05) is 26.8 Å². The van der Waals surface area contributed by atoms with Crippen molar-refractivity contribution < 1.29 is 19.2 Å². The van der Waals surface area contributed by atoms with Gasteiger partial charge in [0.15, 0.2) is 6.61 Å². The summed E-state index contributed by atoms with van der Waals surface area (Å²) in [6, 6.07) is 6.25. The SMILES string of the molecule is CC(C)(C)c1ccc(C(=O)OCC(=O)NC2(C#N)CCCC2)cc1[N+](=O)[O-]. The largest absolute Gasteiger partial charge is 0.452 e. The third-order valence-electron chi connectivity index (χ3n) is 4.62. The summed E-state index contributed by atoms with van der Waals surface area (Å²) in [7, 11) is 0. The number of hydrogen-bond acceptors (Lipinski definition) is 6. The lowest BCUT2D eigenvalue weighted by Gasteiger charge is -2.21. The van der Waals surface area contributed by atoms with E-state index >= 15 is 0 Å². The Hall–Kier alpha value is -2.95. The lowest BCUT2D eigenvalue weighted by atomic mass is 9.85. The highest BCUT2D eigenvalue weighted by molar-refractivity contribution is 5.92. The summed E-state index contributed by atoms with van der Waals surface area (Å²) in [4.78, 5) is 35.0. The number of carbonyl (C=O) groups excluding carboxylic acids is 2. The van der Waals surface area contributed by atoms with Crippen molar-refractivity contribution in [2.75, 3.05) is 6.61 Å². The van der Waals surface area contributed by atoms with Crippen molar-refractivity contribution in [2.45, 2.75) is 57.4 Å². The van der Waals surface area contributed by atoms with Crippen LogP contribution in [-0.4, -0.2) is 28.9 Å². The molecule has 0 aromatic heterocycles. The second kappa shape index (κ2) is 7.74. The minimum Gasteiger partial charge on any atom is -0.452 e. The van der Waals surface area contributed by atoms with Crippen molar-refractivity contribution in [3.63, 3.8) is 0 Å². The number of nitriles is 1. The molecule has 1 aromatic carbocycles. The molecule has 0 radical (unpaired) electrons. The minimum absolute atomic E-state index is 0.00152. The Morgan fingerprint density at radius 3 is 2.48 bits per heavy atom. The van der Waals surface area contributed by atoms with E-state index in [1.54, 1.807) is 0 Å². The van der Waals surface area contributed by atoms with Crippen molar-refractivity contribution in [1.82, 2.24) is 5.32 Å². The zero-order valence-corrected chi connectivity index (χ0v) is 15.7. The summed E-state index contributed by atoms with van der Waals surface area (Å²) < 4.78 is 4.97. The van der Waals surface area contributed by atoms with Crippen molar-refractivity contribution >= 4 is 17.6 Å². The van der Waals surface area contributed by atoms with E-state index in [9.17, 15) is 25.0 Å². The Morgan fingerprint density at radius 1 is 1.33 bits per heavy atom. The third-order valence-corrected chi connectivity index (χ3v) is 4.62. The van der Waals surface area contributed by atoms with Gasteiger partial charge in [-0.25, -0.2) is 4.79 Å². The first-order chi connectivity index (χ1) is 12.6. The van der Waals surface area contributed by atoms with Crippen LogP contribution in [0.15, 0.2) is 18.2 Å². The van der Waals surface area contributed by atoms with Crippen LogP contribution in [0.3, 0.4) is 0 Å². The third kappa shape index (κ3) is 4.82. The van der Waals surface area contributed by atoms with Gasteiger partial charge in [0.25, 0.3) is 11.6 Å². The van der Waals surface area contributed by atoms with Gasteiger partial charge < -0.3 is 10.1 Å². The van der Waals surface area contributed by atoms with Gasteiger partial charge in [-0.15, -0.1) is 0 Å². The van der Waals surface area contributed by atoms with E-state index in [4.69, 9.17) is 4.74 Å². The van der Waals surface area contributed by atoms with Crippen molar-refractivity contribution in [3.05, 3.63) is 39.4 Å². The van der Waals surface area contributed by atoms with E-state index < -0.39 is 34.4 Å². The van der Waals surface area contributed by atoms with Crippen LogP contribution in [0.4, 0.5) is 5.69 Å². The number of nitrogens with one attached hydrogen (secondary N) is 1. The Kier molecular flexibility index (Phi) is 5.84. The maximum Gasteiger partial charge on any atom is 0.338 e. The predicted molar refractivity (Wildman–Crippen MR) is 97.0 cm³/mol. The molecule has 1 N–H and O–H groups in total. The molecule has 1 saturated carbocycles. The Balaban J connectivity index is 2.06. The van der Waals surface area contributed by atoms with Crippen LogP contribution in [-0.2, 0) is 14.9 Å². The van der Waals surface area contributed by atoms with Gasteiger partial charge in [-0.05, 0) is 37.2 Å². The number of rotatable bonds is 5. The molecule has 0 aliphatic heterocycles. The lowest BCUT2D eigenvalue weighted by Crippen LogP contribution is -2.46. The van der Waals surface area contributed by atoms with Gasteiger partial charge in [-0.3, -0.25) is 14.9 Å². The maximum absolute atomic E-state index is 12.2. The first-order valence-electron chi connectivity index (χ1n) is 8.76. The van der Waals surface area contributed by atoms with Crippen molar-refractivity contribution in [2.24, 2.45) is 0 Å². The highest BCUT2D eigenvalue weighted by Crippen LogP contribution is 2.32. The van der Waals surface area contributed by atoms with Gasteiger partial charge in [0, 0.05) is 11.6 Å². The van der Waals surface area contributed by atoms with Crippen LogP contribution >= 0.6 is 0 Å². The number of nitrogens with zero attached hydrogens (tertiary/aromatic N) is 2. The Bertz CT molecular complexity index is 799. The molecule has 1 fully saturated rings. The van der Waals surface area contributed by atoms with E-state index in [0.717, 1.165) is 18.9 Å². The van der Waals surface area contributed by atoms with E-state index in [1.807, 2.05) is 20.8 Å². The van der Waals surface area contributed by atoms with E-state index in [0.29, 0.717) is 18.4 Å². The smallest absolute Gasteiger partial charge is 0.338 e. The zero-order valence-electron chi connectivity index (χ0n) is 15.7. The van der Waals surface area contributed by atoms with Crippen molar-refractivity contribution in [1.29, 1.82) is 5.26 Å². The molecule has 1 aliphatic rings. The number of hydrogen-bond donors (Lipinski definition) is 1. The van der Waals surface area contributed by atoms with Crippen LogP contribution in [0.25, 0.3) is 0 Å². The first kappa shape index (κ1) is 20.4. The molecule has 0 spiro atoms. The average Bonchev–Trinajstić information content (AvgIpc) is 3.07. The predicted octanol–water partition coefficient (Wildman–Crippen LogP) is 3.00. The number of carbonyl (C=O) groups is 2. The molecule has 0 bridgehead atoms. The number of nitro benzene ring substituents is 1. The summed E-state index contributed by atoms with van der Waals surface area (Å²) in [5, 5.41) is 23.2. The Morgan fingerprint density at radius 2 is 1.96 bits per heavy atom. The normalized spacial score (nSPS) is 15.6. The van der Waals surface area contributed by atoms with E-state index in [-0.39, 0.29) is 11.3 Å². The molecule has 144 valence electrons. The molecular formula is C19H23N3O5. The van der Waals surface area contributed by atoms with Crippen LogP contribution in [0.5, 0.6) is 0 Å². The summed E-state index contributed by atoms with van der Waals surface area (Å²) in [5.41, 5.74) is -1.03. The standard InChI is InChI=1S/C19H23N3O5/c1-18(2,3)14-7-6-13(10-15(14)22(25)26)17(24)27-11-16(23)21-19(12-20)8-4-5-9-19/h6-7,10H,4-5,8-9,11H2,1-3H3,(H,21,23). The number of benzene rings is 1. The molecule has 1 aromatic rings. The highest BCUT2D eigenvalue weighted by Gasteiger charge is 2.35. The number of esters is 1. The molecule has 1 aliphatic carbocycles. The number of ether oxygens (including phenoxy) is 1. The average molecular weight is 373 g/mol. The fourth-order valence-electron chi connectivity index (χ4n) is 3.20. The quantitative estimate of drug-likeness (QED) is 0.481. The molecule has 8 nitrogen and oxygen atoms in total.